The summed E-state index contributed by atoms with van der Waals surface area (Å²) in [5.74, 6) is 2.01. The first-order valence-electron chi connectivity index (χ1n) is 7.00. The van der Waals surface area contributed by atoms with Gasteiger partial charge < -0.3 is 10.1 Å². The second-order valence-corrected chi connectivity index (χ2v) is 5.44. The van der Waals surface area contributed by atoms with E-state index >= 15 is 0 Å². The highest BCUT2D eigenvalue weighted by Gasteiger charge is 2.40. The third-order valence-corrected chi connectivity index (χ3v) is 4.06. The third-order valence-electron chi connectivity index (χ3n) is 4.06. The maximum atomic E-state index is 11.0. The fourth-order valence-corrected chi connectivity index (χ4v) is 2.94. The van der Waals surface area contributed by atoms with Crippen molar-refractivity contribution in [3.63, 3.8) is 0 Å². The highest BCUT2D eigenvalue weighted by Crippen LogP contribution is 2.52. The van der Waals surface area contributed by atoms with Gasteiger partial charge in [-0.05, 0) is 35.1 Å². The Bertz CT molecular complexity index is 650. The van der Waals surface area contributed by atoms with Crippen molar-refractivity contribution in [2.45, 2.75) is 19.3 Å². The van der Waals surface area contributed by atoms with Crippen LogP contribution in [0.2, 0.25) is 0 Å². The van der Waals surface area contributed by atoms with Crippen LogP contribution in [0.4, 0.5) is 0 Å². The zero-order chi connectivity index (χ0) is 14.1. The van der Waals surface area contributed by atoms with E-state index in [1.807, 2.05) is 6.07 Å². The van der Waals surface area contributed by atoms with E-state index in [1.165, 1.54) is 16.3 Å². The van der Waals surface area contributed by atoms with Crippen molar-refractivity contribution < 1.29 is 9.53 Å². The molecule has 0 aromatic heterocycles. The molecular weight excluding hydrogens is 250 g/mol. The fourth-order valence-electron chi connectivity index (χ4n) is 2.94. The Kier molecular flexibility index (Phi) is 3.35. The Morgan fingerprint density at radius 1 is 1.30 bits per heavy atom. The summed E-state index contributed by atoms with van der Waals surface area (Å²) in [6.45, 7) is 2.32. The van der Waals surface area contributed by atoms with Crippen LogP contribution < -0.4 is 10.1 Å². The van der Waals surface area contributed by atoms with Crippen molar-refractivity contribution >= 4 is 16.7 Å². The second-order valence-electron chi connectivity index (χ2n) is 5.44. The molecule has 0 aliphatic heterocycles. The molecule has 0 spiro atoms. The number of carbonyl (C=O) groups is 1. The summed E-state index contributed by atoms with van der Waals surface area (Å²) in [5.41, 5.74) is 1.29. The molecule has 2 aromatic rings. The Morgan fingerprint density at radius 3 is 2.85 bits per heavy atom. The summed E-state index contributed by atoms with van der Waals surface area (Å²) in [6.07, 6.45) is 1.12. The van der Waals surface area contributed by atoms with E-state index in [1.54, 1.807) is 14.0 Å². The molecule has 104 valence electrons. The minimum absolute atomic E-state index is 0.0422. The van der Waals surface area contributed by atoms with E-state index in [0.717, 1.165) is 18.7 Å². The maximum Gasteiger partial charge on any atom is 0.216 e. The van der Waals surface area contributed by atoms with E-state index in [9.17, 15) is 4.79 Å². The average Bonchev–Trinajstić information content (AvgIpc) is 3.23. The van der Waals surface area contributed by atoms with E-state index in [4.69, 9.17) is 4.74 Å². The summed E-state index contributed by atoms with van der Waals surface area (Å²) in [7, 11) is 1.72. The number of benzene rings is 2. The molecule has 2 aromatic carbocycles. The van der Waals surface area contributed by atoms with Gasteiger partial charge in [-0.25, -0.2) is 0 Å². The number of hydrogen-bond acceptors (Lipinski definition) is 2. The van der Waals surface area contributed by atoms with Crippen LogP contribution in [-0.4, -0.2) is 19.6 Å². The van der Waals surface area contributed by atoms with Gasteiger partial charge in [-0.1, -0.05) is 30.3 Å². The van der Waals surface area contributed by atoms with Crippen molar-refractivity contribution in [3.05, 3.63) is 42.0 Å². The highest BCUT2D eigenvalue weighted by atomic mass is 16.5. The summed E-state index contributed by atoms with van der Waals surface area (Å²) in [5, 5.41) is 5.42. The smallest absolute Gasteiger partial charge is 0.216 e. The first kappa shape index (κ1) is 13.0. The van der Waals surface area contributed by atoms with Crippen molar-refractivity contribution in [1.29, 1.82) is 0 Å². The lowest BCUT2D eigenvalue weighted by molar-refractivity contribution is -0.119. The first-order valence-corrected chi connectivity index (χ1v) is 7.00. The van der Waals surface area contributed by atoms with E-state index in [0.29, 0.717) is 11.8 Å². The van der Waals surface area contributed by atoms with Crippen LogP contribution in [0.5, 0.6) is 5.75 Å². The van der Waals surface area contributed by atoms with E-state index < -0.39 is 0 Å². The summed E-state index contributed by atoms with van der Waals surface area (Å²) < 4.78 is 5.54. The van der Waals surface area contributed by atoms with Gasteiger partial charge >= 0.3 is 0 Å². The first-order chi connectivity index (χ1) is 9.70. The van der Waals surface area contributed by atoms with Crippen LogP contribution >= 0.6 is 0 Å². The minimum atomic E-state index is 0.0422. The predicted molar refractivity (Wildman–Crippen MR) is 80.0 cm³/mol. The van der Waals surface area contributed by atoms with Gasteiger partial charge in [-0.3, -0.25) is 4.79 Å². The van der Waals surface area contributed by atoms with E-state index in [2.05, 4.69) is 35.6 Å². The van der Waals surface area contributed by atoms with Gasteiger partial charge in [0.05, 0.1) is 7.11 Å². The lowest BCUT2D eigenvalue weighted by Crippen LogP contribution is -2.22. The van der Waals surface area contributed by atoms with Gasteiger partial charge in [-0.15, -0.1) is 0 Å². The molecule has 2 atom stereocenters. The Hall–Kier alpha value is -2.03. The number of nitrogens with one attached hydrogen (secondary N) is 1. The van der Waals surface area contributed by atoms with Gasteiger partial charge in [-0.2, -0.15) is 0 Å². The zero-order valence-electron chi connectivity index (χ0n) is 11.8. The summed E-state index contributed by atoms with van der Waals surface area (Å²) in [6, 6.07) is 12.6. The van der Waals surface area contributed by atoms with Crippen LogP contribution in [0.25, 0.3) is 10.8 Å². The van der Waals surface area contributed by atoms with Gasteiger partial charge in [0.1, 0.15) is 5.75 Å². The minimum Gasteiger partial charge on any atom is -0.496 e. The number of methoxy groups -OCH3 is 1. The number of ether oxygens (including phenoxy) is 1. The monoisotopic (exact) mass is 269 g/mol. The summed E-state index contributed by atoms with van der Waals surface area (Å²) >= 11 is 0. The molecule has 3 nitrogen and oxygen atoms in total. The molecule has 1 aliphatic carbocycles. The molecule has 20 heavy (non-hydrogen) atoms. The predicted octanol–water partition coefficient (Wildman–Crippen LogP) is 3.09. The van der Waals surface area contributed by atoms with Crippen molar-refractivity contribution in [2.75, 3.05) is 13.7 Å². The number of fused-ring (bicyclic) bond motifs is 1. The molecule has 0 heterocycles. The molecule has 1 saturated carbocycles. The normalized spacial score (nSPS) is 20.7. The van der Waals surface area contributed by atoms with Crippen molar-refractivity contribution in [2.24, 2.45) is 5.92 Å². The van der Waals surface area contributed by atoms with Crippen LogP contribution in [0.3, 0.4) is 0 Å². The Morgan fingerprint density at radius 2 is 2.10 bits per heavy atom. The maximum absolute atomic E-state index is 11.0. The molecule has 0 radical (unpaired) electrons. The zero-order valence-corrected chi connectivity index (χ0v) is 11.8. The number of rotatable bonds is 4. The van der Waals surface area contributed by atoms with Crippen LogP contribution in [-0.2, 0) is 4.79 Å². The quantitative estimate of drug-likeness (QED) is 0.926. The summed E-state index contributed by atoms with van der Waals surface area (Å²) in [4.78, 5) is 11.0. The van der Waals surface area contributed by atoms with Crippen LogP contribution in [0.1, 0.15) is 24.8 Å². The molecular formula is C17H19NO2. The molecule has 3 heteroatoms. The largest absolute Gasteiger partial charge is 0.496 e. The van der Waals surface area contributed by atoms with Gasteiger partial charge in [0.25, 0.3) is 0 Å². The molecule has 0 bridgehead atoms. The molecule has 1 aliphatic rings. The van der Waals surface area contributed by atoms with Crippen LogP contribution in [0, 0.1) is 5.92 Å². The van der Waals surface area contributed by atoms with Gasteiger partial charge in [0.15, 0.2) is 0 Å². The standard InChI is InChI=1S/C17H19NO2/c1-11(19)18-10-13-9-15(13)17-14-6-4-3-5-12(14)7-8-16(17)20-2/h3-8,13,15H,9-10H2,1-2H3,(H,18,19). The lowest BCUT2D eigenvalue weighted by Gasteiger charge is -2.12. The molecule has 1 N–H and O–H groups in total. The SMILES string of the molecule is COc1ccc2ccccc2c1C1CC1CNC(C)=O. The second kappa shape index (κ2) is 5.16. The Balaban J connectivity index is 1.93. The lowest BCUT2D eigenvalue weighted by atomic mass is 9.99. The van der Waals surface area contributed by atoms with Crippen molar-refractivity contribution in [3.8, 4) is 5.75 Å². The third kappa shape index (κ3) is 2.36. The molecule has 1 fully saturated rings. The Labute approximate surface area is 118 Å². The van der Waals surface area contributed by atoms with Crippen molar-refractivity contribution in [1.82, 2.24) is 5.32 Å². The van der Waals surface area contributed by atoms with Crippen LogP contribution in [0.15, 0.2) is 36.4 Å². The molecule has 1 amide bonds. The van der Waals surface area contributed by atoms with Gasteiger partial charge in [0.2, 0.25) is 5.91 Å². The molecule has 3 rings (SSSR count). The molecule has 0 saturated heterocycles. The number of carbonyl (C=O) groups excluding carboxylic acids is 1. The van der Waals surface area contributed by atoms with Gasteiger partial charge in [0, 0.05) is 19.0 Å². The highest BCUT2D eigenvalue weighted by molar-refractivity contribution is 5.88. The van der Waals surface area contributed by atoms with E-state index in [-0.39, 0.29) is 5.91 Å². The molecule has 2 unspecified atom stereocenters. The number of amides is 1. The number of hydrogen-bond donors (Lipinski definition) is 1. The fraction of sp³-hybridized carbons (Fsp3) is 0.353. The average molecular weight is 269 g/mol. The topological polar surface area (TPSA) is 38.3 Å².